The van der Waals surface area contributed by atoms with Crippen LogP contribution in [0, 0.1) is 45.4 Å². The largest absolute Gasteiger partial charge is 0.394 e. The van der Waals surface area contributed by atoms with Gasteiger partial charge in [0, 0.05) is 148 Å². The van der Waals surface area contributed by atoms with Gasteiger partial charge in [0.2, 0.25) is 0 Å². The highest BCUT2D eigenvalue weighted by molar-refractivity contribution is 6.38. The van der Waals surface area contributed by atoms with Gasteiger partial charge in [-0.15, -0.1) is 0 Å². The number of pyridine rings is 4. The van der Waals surface area contributed by atoms with Crippen LogP contribution in [0.4, 0.5) is 29.1 Å². The van der Waals surface area contributed by atoms with Crippen LogP contribution in [-0.2, 0) is 32.7 Å². The Balaban J connectivity index is 0.000000111. The fourth-order valence-corrected chi connectivity index (χ4v) is 20.6. The summed E-state index contributed by atoms with van der Waals surface area (Å²) in [4.78, 5) is 98.6. The molecule has 12 aliphatic rings. The summed E-state index contributed by atoms with van der Waals surface area (Å²) in [5.74, 6) is 4.39. The van der Waals surface area contributed by atoms with Crippen molar-refractivity contribution in [1.82, 2.24) is 69.8 Å². The molecule has 10 aliphatic heterocycles. The Kier molecular flexibility index (Phi) is 26.7. The number of hydrogen-bond donors (Lipinski definition) is 8. The topological polar surface area (TPSA) is 449 Å². The summed E-state index contributed by atoms with van der Waals surface area (Å²) >= 11 is 32.1. The first-order valence-electron chi connectivity index (χ1n) is 45.4. The molecule has 22 rings (SSSR count). The van der Waals surface area contributed by atoms with Gasteiger partial charge in [0.05, 0.1) is 187 Å². The molecule has 0 radical (unpaired) electrons. The zero-order valence-corrected chi connectivity index (χ0v) is 78.7. The van der Waals surface area contributed by atoms with Gasteiger partial charge in [0.15, 0.2) is 0 Å². The average molecular weight is 1880 g/mol. The Labute approximate surface area is 792 Å². The van der Waals surface area contributed by atoms with E-state index in [2.05, 4.69) is 84.3 Å². The van der Waals surface area contributed by atoms with Gasteiger partial charge in [-0.3, -0.25) is 44.9 Å². The van der Waals surface area contributed by atoms with E-state index in [1.807, 2.05) is 89.5 Å². The van der Waals surface area contributed by atoms with Crippen LogP contribution < -0.4 is 53.2 Å². The Morgan fingerprint density at radius 1 is 0.356 bits per heavy atom. The van der Waals surface area contributed by atoms with E-state index in [4.69, 9.17) is 122 Å². The van der Waals surface area contributed by atoms with Gasteiger partial charge in [-0.1, -0.05) is 70.1 Å². The first-order valence-corrected chi connectivity index (χ1v) is 47.3. The lowest BCUT2D eigenvalue weighted by molar-refractivity contribution is 0.0248. The van der Waals surface area contributed by atoms with Crippen LogP contribution in [0.25, 0.3) is 0 Å². The number of nitrogens with two attached hydrogens (primary N) is 5. The van der Waals surface area contributed by atoms with Gasteiger partial charge in [0.25, 0.3) is 0 Å². The van der Waals surface area contributed by atoms with Crippen molar-refractivity contribution < 1.29 is 15.3 Å². The number of rotatable bonds is 13. The van der Waals surface area contributed by atoms with E-state index < -0.39 is 16.7 Å². The molecule has 132 heavy (non-hydrogen) atoms. The third-order valence-corrected chi connectivity index (χ3v) is 31.0. The van der Waals surface area contributed by atoms with Crippen molar-refractivity contribution in [2.75, 3.05) is 110 Å². The lowest BCUT2D eigenvalue weighted by Crippen LogP contribution is -2.56. The molecule has 19 heterocycles. The highest BCUT2D eigenvalue weighted by atomic mass is 35.5. The second-order valence-corrected chi connectivity index (χ2v) is 38.7. The zero-order valence-electron chi connectivity index (χ0n) is 74.9. The monoisotopic (exact) mass is 1880 g/mol. The number of hydrogen-bond acceptors (Lipinski definition) is 32. The summed E-state index contributed by atoms with van der Waals surface area (Å²) in [6.45, 7) is 21.0. The summed E-state index contributed by atoms with van der Waals surface area (Å²) in [6, 6.07) is 14.1. The molecule has 7 fully saturated rings. The summed E-state index contributed by atoms with van der Waals surface area (Å²) in [5, 5.41) is 32.3. The smallest absolute Gasteiger partial charge is 0.147 e. The summed E-state index contributed by atoms with van der Waals surface area (Å²) in [6.07, 6.45) is 29.8. The number of aliphatic imine (C=N–C) groups is 5. The van der Waals surface area contributed by atoms with Gasteiger partial charge in [-0.05, 0) is 171 Å². The molecule has 2 atom stereocenters. The van der Waals surface area contributed by atoms with E-state index in [1.165, 1.54) is 25.7 Å². The quantitative estimate of drug-likeness (QED) is 0.0531. The molecule has 0 amide bonds. The first kappa shape index (κ1) is 92.2. The second kappa shape index (κ2) is 38.2. The van der Waals surface area contributed by atoms with Crippen LogP contribution >= 0.6 is 58.0 Å². The molecule has 2 aliphatic carbocycles. The lowest BCUT2D eigenvalue weighted by Gasteiger charge is -2.52. The average Bonchev–Trinajstić information content (AvgIpc) is 1.02. The number of fused-ring (bicyclic) bond motifs is 5. The fraction of sp³-hybridized carbons (Fsp3) is 0.463. The van der Waals surface area contributed by atoms with E-state index in [1.54, 1.807) is 43.4 Å². The number of piperidine rings is 5. The maximum Gasteiger partial charge on any atom is 0.147 e. The molecule has 5 saturated heterocycles. The minimum absolute atomic E-state index is 0.0139. The van der Waals surface area contributed by atoms with Crippen molar-refractivity contribution in [2.45, 2.75) is 186 Å². The number of aromatic nitrogens is 14. The molecule has 9 aromatic heterocycles. The molecular weight excluding hydrogens is 1770 g/mol. The Morgan fingerprint density at radius 2 is 0.621 bits per heavy atom. The number of aliphatic hydroxyl groups is 3. The van der Waals surface area contributed by atoms with Gasteiger partial charge in [0.1, 0.15) is 57.6 Å². The number of aryl methyl sites for hydroxylation is 5. The maximum atomic E-state index is 10.3. The molecular formula is C95H110Cl5N29O3. The van der Waals surface area contributed by atoms with E-state index in [-0.39, 0.29) is 13.2 Å². The van der Waals surface area contributed by atoms with Crippen LogP contribution in [0.2, 0.25) is 25.1 Å². The van der Waals surface area contributed by atoms with E-state index >= 15 is 0 Å². The zero-order chi connectivity index (χ0) is 92.1. The number of anilines is 5. The van der Waals surface area contributed by atoms with Crippen molar-refractivity contribution in [1.29, 1.82) is 0 Å². The van der Waals surface area contributed by atoms with Gasteiger partial charge in [-0.2, -0.15) is 0 Å². The summed E-state index contributed by atoms with van der Waals surface area (Å²) in [5.41, 5.74) is 50.6. The molecule has 32 nitrogen and oxygen atoms in total. The number of benzene rings is 1. The third kappa shape index (κ3) is 18.4. The van der Waals surface area contributed by atoms with Gasteiger partial charge in [-0.25, -0.2) is 49.8 Å². The molecule has 2 unspecified atom stereocenters. The highest BCUT2D eigenvalue weighted by Crippen LogP contribution is 2.50. The van der Waals surface area contributed by atoms with Crippen LogP contribution in [0.3, 0.4) is 0 Å². The van der Waals surface area contributed by atoms with Crippen molar-refractivity contribution >= 4 is 116 Å². The Bertz CT molecular complexity index is 5890. The number of aliphatic hydroxyl groups excluding tert-OH is 2. The SMILES string of the molecule is Cc1cccc(Cl)c1C1=NCc2nc(N3CCC(N)(CO)CC3)cnc21.Cc1nccc(C2=NCc3nc(N4CCC(N)(CO)CC4)cnc32)c1Cl.Cc1nccc(C2=NCc3nc(N4CCC(O)(CN)CC4)cnc32)c1Cl.Cc1nccc(C2=NCc3nc(N4CCC5(CCC5N)CC4)cnc32)c1Cl.Cc1nccc(C2=NCc3nc(N4CCC5(CCC5N)CC4)cnc32)c1Cl. The van der Waals surface area contributed by atoms with Crippen molar-refractivity contribution in [3.05, 3.63) is 236 Å². The van der Waals surface area contributed by atoms with Crippen LogP contribution in [0.15, 0.2) is 123 Å². The Morgan fingerprint density at radius 3 is 0.871 bits per heavy atom. The minimum Gasteiger partial charge on any atom is -0.394 e. The second-order valence-electron chi connectivity index (χ2n) is 36.8. The molecule has 2 saturated carbocycles. The fourth-order valence-electron chi connectivity index (χ4n) is 19.5. The standard InChI is InChI=1S/2C20H23ClN6.C19H22ClN5O.2C18H21ClN6O/c2*1-12-17(21)13(3-7-23-12)18-19-14(10-24-18)26-16(11-25-19)27-8-5-20(6-9-27)4-2-15(20)22;1-12-3-2-4-13(20)16(12)18-17-14(9-22-18)24-15(10-23-17)25-7-5-19(21,11-26)6-8-25;1-11-15(19)12(2-5-21-11)16-17-13(8-22-16)24-14(9-23-17)25-6-3-18(20,10-26)4-7-25;1-11-15(19)12(2-5-21-11)16-17-13(8-22-16)24-14(9-23-17)25-6-3-18(26,10-20)4-7-25/h2*3,7,11,15H,2,4-6,8-10,22H2,1H3;2-4,10,26H,5-9,11,21H2,1H3;2*2,5,9,26H,3-4,6-8,10,20H2,1H3. The molecule has 2 spiro atoms. The normalized spacial score (nSPS) is 20.5. The lowest BCUT2D eigenvalue weighted by atomic mass is 9.60. The minimum atomic E-state index is -0.757. The van der Waals surface area contributed by atoms with E-state index in [0.29, 0.717) is 113 Å². The number of nitrogens with zero attached hydrogens (tertiary/aromatic N) is 24. The molecule has 37 heteroatoms. The van der Waals surface area contributed by atoms with E-state index in [9.17, 15) is 15.3 Å². The van der Waals surface area contributed by atoms with Gasteiger partial charge >= 0.3 is 0 Å². The van der Waals surface area contributed by atoms with Crippen LogP contribution in [-0.4, -0.2) is 228 Å². The Hall–Kier alpha value is -10.3. The van der Waals surface area contributed by atoms with Crippen LogP contribution in [0.5, 0.6) is 0 Å². The van der Waals surface area contributed by atoms with Crippen molar-refractivity contribution in [3.63, 3.8) is 0 Å². The van der Waals surface area contributed by atoms with E-state index in [0.717, 1.165) is 274 Å². The summed E-state index contributed by atoms with van der Waals surface area (Å²) in [7, 11) is 0. The molecule has 688 valence electrons. The predicted molar refractivity (Wildman–Crippen MR) is 518 cm³/mol. The van der Waals surface area contributed by atoms with Crippen LogP contribution in [0.1, 0.15) is 203 Å². The first-order chi connectivity index (χ1) is 63.7. The molecule has 0 bridgehead atoms. The van der Waals surface area contributed by atoms with Crippen molar-refractivity contribution in [2.24, 2.45) is 64.5 Å². The molecule has 10 aromatic rings. The maximum absolute atomic E-state index is 10.3. The predicted octanol–water partition coefficient (Wildman–Crippen LogP) is 10.8. The van der Waals surface area contributed by atoms with Crippen molar-refractivity contribution in [3.8, 4) is 0 Å². The molecule has 13 N–H and O–H groups in total. The van der Waals surface area contributed by atoms with Gasteiger partial charge < -0.3 is 68.5 Å². The summed E-state index contributed by atoms with van der Waals surface area (Å²) < 4.78 is 0. The molecule has 1 aromatic carbocycles. The highest BCUT2D eigenvalue weighted by Gasteiger charge is 2.48. The third-order valence-electron chi connectivity index (χ3n) is 28.8. The number of halogens is 5.